The summed E-state index contributed by atoms with van der Waals surface area (Å²) in [6, 6.07) is 8.37. The summed E-state index contributed by atoms with van der Waals surface area (Å²) in [5.74, 6) is 3.27. The number of benzene rings is 1. The number of likely N-dealkylation sites (tertiary alicyclic amines) is 1. The number of aliphatic imine (C=N–C) groups is 1. The van der Waals surface area contributed by atoms with Gasteiger partial charge in [-0.2, -0.15) is 5.10 Å². The maximum atomic E-state index is 12.4. The Morgan fingerprint density at radius 1 is 1.26 bits per heavy atom. The Hall–Kier alpha value is -2.04. The fourth-order valence-corrected chi connectivity index (χ4v) is 4.46. The molecule has 3 heterocycles. The zero-order chi connectivity index (χ0) is 20.9. The van der Waals surface area contributed by atoms with Crippen LogP contribution in [0.5, 0.6) is 5.75 Å². The molecule has 170 valence electrons. The average molecular weight is 540 g/mol. The monoisotopic (exact) mass is 540 g/mol. The number of aromatic nitrogens is 3. The van der Waals surface area contributed by atoms with Gasteiger partial charge in [0.15, 0.2) is 5.96 Å². The average Bonchev–Trinajstić information content (AvgIpc) is 3.39. The standard InChI is InChI=1S/C22H32N6O2.HI/c1-23-21(26-15-11-18(16-26)17-7-9-19(30-2)10-8-17)24-12-5-14-28-22(29)27-13-4-3-6-20(27)25-28;/h7-10,18H,3-6,11-16H2,1-2H3,(H,23,24);1H. The Kier molecular flexibility index (Phi) is 8.39. The quantitative estimate of drug-likeness (QED) is 0.264. The van der Waals surface area contributed by atoms with Crippen LogP contribution in [0.1, 0.15) is 43.0 Å². The van der Waals surface area contributed by atoms with Gasteiger partial charge in [-0.3, -0.25) is 9.56 Å². The van der Waals surface area contributed by atoms with E-state index in [9.17, 15) is 4.79 Å². The maximum absolute atomic E-state index is 12.4. The summed E-state index contributed by atoms with van der Waals surface area (Å²) in [4.78, 5) is 19.2. The Balaban J connectivity index is 0.00000272. The minimum atomic E-state index is 0. The number of guanidine groups is 1. The molecule has 8 nitrogen and oxygen atoms in total. The van der Waals surface area contributed by atoms with E-state index in [1.807, 2.05) is 23.7 Å². The van der Waals surface area contributed by atoms with E-state index in [0.29, 0.717) is 12.5 Å². The largest absolute Gasteiger partial charge is 0.497 e. The molecule has 0 spiro atoms. The number of hydrogen-bond donors (Lipinski definition) is 1. The van der Waals surface area contributed by atoms with Crippen molar-refractivity contribution in [2.75, 3.05) is 33.8 Å². The molecule has 1 N–H and O–H groups in total. The number of fused-ring (bicyclic) bond motifs is 1. The normalized spacial score (nSPS) is 18.5. The van der Waals surface area contributed by atoms with E-state index in [2.05, 4.69) is 32.4 Å². The molecular weight excluding hydrogens is 507 g/mol. The van der Waals surface area contributed by atoms with Gasteiger partial charge in [-0.1, -0.05) is 12.1 Å². The van der Waals surface area contributed by atoms with Gasteiger partial charge < -0.3 is 15.0 Å². The Morgan fingerprint density at radius 2 is 2.06 bits per heavy atom. The molecule has 1 aromatic heterocycles. The Morgan fingerprint density at radius 3 is 2.77 bits per heavy atom. The molecule has 0 bridgehead atoms. The summed E-state index contributed by atoms with van der Waals surface area (Å²) < 4.78 is 8.72. The summed E-state index contributed by atoms with van der Waals surface area (Å²) in [6.45, 7) is 4.16. The van der Waals surface area contributed by atoms with Crippen molar-refractivity contribution in [2.45, 2.75) is 51.1 Å². The third-order valence-electron chi connectivity index (χ3n) is 6.15. The van der Waals surface area contributed by atoms with Crippen LogP contribution in [0.4, 0.5) is 0 Å². The number of nitrogens with zero attached hydrogens (tertiary/aromatic N) is 5. The Labute approximate surface area is 200 Å². The molecule has 1 saturated heterocycles. The first-order chi connectivity index (χ1) is 14.7. The smallest absolute Gasteiger partial charge is 0.345 e. The number of hydrogen-bond acceptors (Lipinski definition) is 4. The number of halogens is 1. The molecule has 9 heteroatoms. The minimum absolute atomic E-state index is 0. The Bertz CT molecular complexity index is 936. The van der Waals surface area contributed by atoms with Gasteiger partial charge in [0.25, 0.3) is 0 Å². The lowest BCUT2D eigenvalue weighted by Gasteiger charge is -2.22. The van der Waals surface area contributed by atoms with Crippen molar-refractivity contribution in [1.82, 2.24) is 24.6 Å². The molecule has 2 aliphatic heterocycles. The van der Waals surface area contributed by atoms with Gasteiger partial charge in [-0.15, -0.1) is 24.0 Å². The van der Waals surface area contributed by atoms with Crippen LogP contribution < -0.4 is 15.7 Å². The topological polar surface area (TPSA) is 76.7 Å². The van der Waals surface area contributed by atoms with Gasteiger partial charge in [0.05, 0.1) is 7.11 Å². The zero-order valence-electron chi connectivity index (χ0n) is 18.4. The van der Waals surface area contributed by atoms with Gasteiger partial charge in [0, 0.05) is 52.1 Å². The SMILES string of the molecule is CN=C(NCCCn1nc2n(c1=O)CCCC2)N1CCC(c2ccc(OC)cc2)C1.I. The first-order valence-electron chi connectivity index (χ1n) is 11.0. The van der Waals surface area contributed by atoms with Gasteiger partial charge in [0.1, 0.15) is 11.6 Å². The van der Waals surface area contributed by atoms with Gasteiger partial charge >= 0.3 is 5.69 Å². The molecule has 2 aliphatic rings. The highest BCUT2D eigenvalue weighted by molar-refractivity contribution is 14.0. The van der Waals surface area contributed by atoms with Crippen molar-refractivity contribution >= 4 is 29.9 Å². The number of rotatable bonds is 6. The third-order valence-corrected chi connectivity index (χ3v) is 6.15. The summed E-state index contributed by atoms with van der Waals surface area (Å²) in [6.07, 6.45) is 5.07. The minimum Gasteiger partial charge on any atom is -0.497 e. The van der Waals surface area contributed by atoms with Gasteiger partial charge in [0.2, 0.25) is 0 Å². The predicted octanol–water partition coefficient (Wildman–Crippen LogP) is 2.46. The van der Waals surface area contributed by atoms with E-state index in [1.54, 1.807) is 11.8 Å². The second-order valence-electron chi connectivity index (χ2n) is 8.06. The summed E-state index contributed by atoms with van der Waals surface area (Å²) >= 11 is 0. The van der Waals surface area contributed by atoms with Crippen LogP contribution in [-0.2, 0) is 19.5 Å². The number of nitrogens with one attached hydrogen (secondary N) is 1. The molecular formula is C22H33IN6O2. The number of aryl methyl sites for hydroxylation is 2. The summed E-state index contributed by atoms with van der Waals surface area (Å²) in [7, 11) is 3.52. The molecule has 1 unspecified atom stereocenters. The molecule has 1 aromatic carbocycles. The van der Waals surface area contributed by atoms with Crippen LogP contribution in [0.2, 0.25) is 0 Å². The van der Waals surface area contributed by atoms with Crippen molar-refractivity contribution in [3.05, 3.63) is 46.1 Å². The fourth-order valence-electron chi connectivity index (χ4n) is 4.46. The van der Waals surface area contributed by atoms with E-state index in [4.69, 9.17) is 4.74 Å². The van der Waals surface area contributed by atoms with Crippen LogP contribution in [0.3, 0.4) is 0 Å². The first kappa shape index (κ1) is 23.6. The molecule has 0 saturated carbocycles. The van der Waals surface area contributed by atoms with Crippen molar-refractivity contribution in [2.24, 2.45) is 4.99 Å². The van der Waals surface area contributed by atoms with Crippen molar-refractivity contribution in [3.8, 4) is 5.75 Å². The maximum Gasteiger partial charge on any atom is 0.345 e. The van der Waals surface area contributed by atoms with E-state index < -0.39 is 0 Å². The molecule has 0 radical (unpaired) electrons. The summed E-state index contributed by atoms with van der Waals surface area (Å²) in [5, 5.41) is 7.97. The molecule has 0 amide bonds. The van der Waals surface area contributed by atoms with Gasteiger partial charge in [-0.05, 0) is 43.4 Å². The van der Waals surface area contributed by atoms with Crippen LogP contribution in [0, 0.1) is 0 Å². The van der Waals surface area contributed by atoms with E-state index in [0.717, 1.165) is 75.8 Å². The molecule has 31 heavy (non-hydrogen) atoms. The van der Waals surface area contributed by atoms with Crippen LogP contribution >= 0.6 is 24.0 Å². The highest BCUT2D eigenvalue weighted by atomic mass is 127. The highest BCUT2D eigenvalue weighted by Crippen LogP contribution is 2.28. The number of methoxy groups -OCH3 is 1. The summed E-state index contributed by atoms with van der Waals surface area (Å²) in [5.41, 5.74) is 1.38. The van der Waals surface area contributed by atoms with Crippen molar-refractivity contribution in [3.63, 3.8) is 0 Å². The van der Waals surface area contributed by atoms with Crippen LogP contribution in [0.15, 0.2) is 34.1 Å². The molecule has 2 aromatic rings. The van der Waals surface area contributed by atoms with Crippen LogP contribution in [0.25, 0.3) is 0 Å². The second-order valence-corrected chi connectivity index (χ2v) is 8.06. The number of ether oxygens (including phenoxy) is 1. The zero-order valence-corrected chi connectivity index (χ0v) is 20.7. The molecule has 1 fully saturated rings. The third kappa shape index (κ3) is 5.42. The highest BCUT2D eigenvalue weighted by Gasteiger charge is 2.26. The van der Waals surface area contributed by atoms with Crippen molar-refractivity contribution in [1.29, 1.82) is 0 Å². The van der Waals surface area contributed by atoms with E-state index in [-0.39, 0.29) is 29.7 Å². The molecule has 4 rings (SSSR count). The van der Waals surface area contributed by atoms with E-state index in [1.165, 1.54) is 5.56 Å². The van der Waals surface area contributed by atoms with E-state index >= 15 is 0 Å². The van der Waals surface area contributed by atoms with Crippen LogP contribution in [-0.4, -0.2) is 59.0 Å². The lowest BCUT2D eigenvalue weighted by Crippen LogP contribution is -2.40. The van der Waals surface area contributed by atoms with Crippen molar-refractivity contribution < 1.29 is 4.74 Å². The van der Waals surface area contributed by atoms with Gasteiger partial charge in [-0.25, -0.2) is 9.48 Å². The lowest BCUT2D eigenvalue weighted by molar-refractivity contribution is 0.414. The second kappa shape index (κ2) is 11.0. The molecule has 1 atom stereocenters. The fraction of sp³-hybridized carbons (Fsp3) is 0.591. The lowest BCUT2D eigenvalue weighted by atomic mass is 9.98. The molecule has 0 aliphatic carbocycles. The predicted molar refractivity (Wildman–Crippen MR) is 133 cm³/mol. The first-order valence-corrected chi connectivity index (χ1v) is 11.0.